The molecule has 0 atom stereocenters. The SMILES string of the molecule is CCCN1CCC(CN)(NC(C)C)CC1. The molecule has 1 aliphatic heterocycles. The smallest absolute Gasteiger partial charge is 0.0330 e. The first kappa shape index (κ1) is 12.9. The van der Waals surface area contributed by atoms with Gasteiger partial charge in [-0.2, -0.15) is 0 Å². The van der Waals surface area contributed by atoms with Gasteiger partial charge in [-0.1, -0.05) is 20.8 Å². The van der Waals surface area contributed by atoms with E-state index in [1.54, 1.807) is 0 Å². The largest absolute Gasteiger partial charge is 0.329 e. The number of rotatable bonds is 5. The first-order valence-corrected chi connectivity index (χ1v) is 6.32. The predicted octanol–water partition coefficient (Wildman–Crippen LogP) is 1.19. The van der Waals surface area contributed by atoms with Crippen LogP contribution in [0.5, 0.6) is 0 Å². The number of nitrogens with two attached hydrogens (primary N) is 1. The monoisotopic (exact) mass is 213 g/mol. The molecule has 3 nitrogen and oxygen atoms in total. The topological polar surface area (TPSA) is 41.3 Å². The van der Waals surface area contributed by atoms with Gasteiger partial charge in [-0.3, -0.25) is 0 Å². The highest BCUT2D eigenvalue weighted by atomic mass is 15.2. The minimum Gasteiger partial charge on any atom is -0.329 e. The molecule has 0 aromatic rings. The number of piperidine rings is 1. The van der Waals surface area contributed by atoms with Gasteiger partial charge in [-0.15, -0.1) is 0 Å². The van der Waals surface area contributed by atoms with Crippen molar-refractivity contribution in [2.45, 2.75) is 51.6 Å². The molecule has 0 saturated carbocycles. The second-order valence-electron chi connectivity index (χ2n) is 5.13. The van der Waals surface area contributed by atoms with E-state index in [1.807, 2.05) is 0 Å². The van der Waals surface area contributed by atoms with Crippen molar-refractivity contribution in [1.29, 1.82) is 0 Å². The lowest BCUT2D eigenvalue weighted by molar-refractivity contribution is 0.132. The predicted molar refractivity (Wildman–Crippen MR) is 66.0 cm³/mol. The minimum atomic E-state index is 0.207. The van der Waals surface area contributed by atoms with Crippen LogP contribution in [0.1, 0.15) is 40.0 Å². The average molecular weight is 213 g/mol. The van der Waals surface area contributed by atoms with E-state index >= 15 is 0 Å². The zero-order chi connectivity index (χ0) is 11.3. The van der Waals surface area contributed by atoms with Gasteiger partial charge in [-0.25, -0.2) is 0 Å². The minimum absolute atomic E-state index is 0.207. The molecule has 0 aromatic heterocycles. The Morgan fingerprint density at radius 1 is 1.33 bits per heavy atom. The van der Waals surface area contributed by atoms with Gasteiger partial charge in [0.25, 0.3) is 0 Å². The van der Waals surface area contributed by atoms with Crippen molar-refractivity contribution in [3.05, 3.63) is 0 Å². The highest BCUT2D eigenvalue weighted by Gasteiger charge is 2.33. The number of hydrogen-bond donors (Lipinski definition) is 2. The molecule has 0 spiro atoms. The highest BCUT2D eigenvalue weighted by Crippen LogP contribution is 2.22. The summed E-state index contributed by atoms with van der Waals surface area (Å²) in [5.41, 5.74) is 6.13. The summed E-state index contributed by atoms with van der Waals surface area (Å²) in [6, 6.07) is 0.534. The maximum Gasteiger partial charge on any atom is 0.0330 e. The standard InChI is InChI=1S/C12H27N3/c1-4-7-15-8-5-12(10-13,6-9-15)14-11(2)3/h11,14H,4-10,13H2,1-3H3. The molecule has 90 valence electrons. The van der Waals surface area contributed by atoms with Gasteiger partial charge < -0.3 is 16.0 Å². The van der Waals surface area contributed by atoms with Crippen molar-refractivity contribution < 1.29 is 0 Å². The quantitative estimate of drug-likeness (QED) is 0.721. The molecule has 0 radical (unpaired) electrons. The van der Waals surface area contributed by atoms with E-state index in [9.17, 15) is 0 Å². The van der Waals surface area contributed by atoms with Crippen molar-refractivity contribution in [2.75, 3.05) is 26.2 Å². The van der Waals surface area contributed by atoms with E-state index < -0.39 is 0 Å². The van der Waals surface area contributed by atoms with Crippen LogP contribution in [0.2, 0.25) is 0 Å². The van der Waals surface area contributed by atoms with Crippen LogP contribution in [0.15, 0.2) is 0 Å². The Morgan fingerprint density at radius 3 is 2.33 bits per heavy atom. The third-order valence-corrected chi connectivity index (χ3v) is 3.34. The summed E-state index contributed by atoms with van der Waals surface area (Å²) in [6.07, 6.45) is 3.65. The molecule has 3 N–H and O–H groups in total. The second kappa shape index (κ2) is 5.83. The first-order chi connectivity index (χ1) is 7.12. The molecule has 1 fully saturated rings. The maximum atomic E-state index is 5.92. The Kier molecular flexibility index (Phi) is 5.03. The third kappa shape index (κ3) is 3.74. The molecule has 15 heavy (non-hydrogen) atoms. The van der Waals surface area contributed by atoms with E-state index in [2.05, 4.69) is 31.0 Å². The molecule has 0 unspecified atom stereocenters. The van der Waals surface area contributed by atoms with Crippen LogP contribution in [0.25, 0.3) is 0 Å². The van der Waals surface area contributed by atoms with Crippen molar-refractivity contribution >= 4 is 0 Å². The Hall–Kier alpha value is -0.120. The first-order valence-electron chi connectivity index (χ1n) is 6.32. The number of nitrogens with zero attached hydrogens (tertiary/aromatic N) is 1. The van der Waals surface area contributed by atoms with Crippen LogP contribution in [0.4, 0.5) is 0 Å². The Morgan fingerprint density at radius 2 is 1.93 bits per heavy atom. The van der Waals surface area contributed by atoms with Crippen molar-refractivity contribution in [2.24, 2.45) is 5.73 Å². The van der Waals surface area contributed by atoms with Crippen LogP contribution in [0, 0.1) is 0 Å². The van der Waals surface area contributed by atoms with Gasteiger partial charge in [0.2, 0.25) is 0 Å². The number of hydrogen-bond acceptors (Lipinski definition) is 3. The van der Waals surface area contributed by atoms with Gasteiger partial charge in [0.1, 0.15) is 0 Å². The summed E-state index contributed by atoms with van der Waals surface area (Å²) in [6.45, 7) is 11.1. The van der Waals surface area contributed by atoms with Crippen molar-refractivity contribution in [3.63, 3.8) is 0 Å². The number of likely N-dealkylation sites (tertiary alicyclic amines) is 1. The van der Waals surface area contributed by atoms with Crippen LogP contribution in [0.3, 0.4) is 0 Å². The summed E-state index contributed by atoms with van der Waals surface area (Å²) in [5.74, 6) is 0. The summed E-state index contributed by atoms with van der Waals surface area (Å²) in [5, 5.41) is 3.66. The molecule has 1 saturated heterocycles. The van der Waals surface area contributed by atoms with Gasteiger partial charge >= 0.3 is 0 Å². The normalized spacial score (nSPS) is 22.2. The summed E-state index contributed by atoms with van der Waals surface area (Å²) in [7, 11) is 0. The zero-order valence-electron chi connectivity index (χ0n) is 10.6. The van der Waals surface area contributed by atoms with E-state index in [1.165, 1.54) is 38.9 Å². The lowest BCUT2D eigenvalue weighted by atomic mass is 9.86. The Labute approximate surface area is 94.4 Å². The average Bonchev–Trinajstić information content (AvgIpc) is 2.21. The highest BCUT2D eigenvalue weighted by molar-refractivity contribution is 4.95. The van der Waals surface area contributed by atoms with Gasteiger partial charge in [0.05, 0.1) is 0 Å². The summed E-state index contributed by atoms with van der Waals surface area (Å²) < 4.78 is 0. The molecule has 3 heteroatoms. The van der Waals surface area contributed by atoms with Crippen molar-refractivity contribution in [3.8, 4) is 0 Å². The fourth-order valence-electron chi connectivity index (χ4n) is 2.54. The molecule has 0 aromatic carbocycles. The molecule has 1 rings (SSSR count). The fraction of sp³-hybridized carbons (Fsp3) is 1.00. The summed E-state index contributed by atoms with van der Waals surface area (Å²) in [4.78, 5) is 2.55. The Bertz CT molecular complexity index is 172. The Balaban J connectivity index is 2.43. The lowest BCUT2D eigenvalue weighted by Gasteiger charge is -2.43. The molecular weight excluding hydrogens is 186 g/mol. The van der Waals surface area contributed by atoms with Crippen LogP contribution >= 0.6 is 0 Å². The maximum absolute atomic E-state index is 5.92. The molecule has 0 bridgehead atoms. The fourth-order valence-corrected chi connectivity index (χ4v) is 2.54. The van der Waals surface area contributed by atoms with Crippen LogP contribution in [-0.4, -0.2) is 42.7 Å². The second-order valence-corrected chi connectivity index (χ2v) is 5.13. The molecule has 1 aliphatic rings. The van der Waals surface area contributed by atoms with E-state index in [0.717, 1.165) is 6.54 Å². The molecule has 1 heterocycles. The van der Waals surface area contributed by atoms with Crippen LogP contribution < -0.4 is 11.1 Å². The van der Waals surface area contributed by atoms with Gasteiger partial charge in [-0.05, 0) is 38.9 Å². The summed E-state index contributed by atoms with van der Waals surface area (Å²) >= 11 is 0. The van der Waals surface area contributed by atoms with E-state index in [4.69, 9.17) is 5.73 Å². The van der Waals surface area contributed by atoms with Gasteiger partial charge in [0, 0.05) is 18.1 Å². The van der Waals surface area contributed by atoms with Crippen LogP contribution in [-0.2, 0) is 0 Å². The molecule has 0 aliphatic carbocycles. The molecule has 0 amide bonds. The van der Waals surface area contributed by atoms with Crippen molar-refractivity contribution in [1.82, 2.24) is 10.2 Å². The third-order valence-electron chi connectivity index (χ3n) is 3.34. The van der Waals surface area contributed by atoms with E-state index in [-0.39, 0.29) is 5.54 Å². The van der Waals surface area contributed by atoms with E-state index in [0.29, 0.717) is 6.04 Å². The van der Waals surface area contributed by atoms with Gasteiger partial charge in [0.15, 0.2) is 0 Å². The molecular formula is C12H27N3. The number of nitrogens with one attached hydrogen (secondary N) is 1. The lowest BCUT2D eigenvalue weighted by Crippen LogP contribution is -2.59. The zero-order valence-corrected chi connectivity index (χ0v) is 10.6.